The van der Waals surface area contributed by atoms with Crippen molar-refractivity contribution in [3.05, 3.63) is 35.4 Å². The largest absolute Gasteiger partial charge is 0.338 e. The molecule has 0 unspecified atom stereocenters. The molecule has 0 saturated carbocycles. The molecule has 0 atom stereocenters. The molecule has 1 aliphatic heterocycles. The van der Waals surface area contributed by atoms with Gasteiger partial charge in [0.1, 0.15) is 17.2 Å². The topological polar surface area (TPSA) is 32.3 Å². The zero-order valence-corrected chi connectivity index (χ0v) is 10.2. The lowest BCUT2D eigenvalue weighted by molar-refractivity contribution is 0.0693. The first-order valence-electron chi connectivity index (χ1n) is 6.03. The normalized spacial score (nSPS) is 16.6. The summed E-state index contributed by atoms with van der Waals surface area (Å²) in [6.07, 6.45) is 1.61. The van der Waals surface area contributed by atoms with E-state index in [-0.39, 0.29) is 6.04 Å². The Hall–Kier alpha value is -1.49. The average Bonchev–Trinajstić information content (AvgIpc) is 2.38. The van der Waals surface area contributed by atoms with Crippen molar-refractivity contribution in [3.63, 3.8) is 0 Å². The maximum absolute atomic E-state index is 13.5. The Morgan fingerprint density at radius 1 is 1.28 bits per heavy atom. The van der Waals surface area contributed by atoms with Crippen molar-refractivity contribution >= 4 is 5.91 Å². The van der Waals surface area contributed by atoms with Crippen LogP contribution in [-0.2, 0) is 0 Å². The molecule has 3 nitrogen and oxygen atoms in total. The van der Waals surface area contributed by atoms with Crippen molar-refractivity contribution in [2.24, 2.45) is 0 Å². The fraction of sp³-hybridized carbons (Fsp3) is 0.462. The van der Waals surface area contributed by atoms with Crippen LogP contribution < -0.4 is 5.32 Å². The second kappa shape index (κ2) is 5.44. The van der Waals surface area contributed by atoms with Crippen LogP contribution in [-0.4, -0.2) is 37.0 Å². The summed E-state index contributed by atoms with van der Waals surface area (Å²) in [7, 11) is 1.60. The Balaban J connectivity index is 2.19. The molecule has 0 bridgehead atoms. The first-order chi connectivity index (χ1) is 8.61. The fourth-order valence-electron chi connectivity index (χ4n) is 2.24. The quantitative estimate of drug-likeness (QED) is 0.872. The van der Waals surface area contributed by atoms with Crippen LogP contribution in [0.15, 0.2) is 18.2 Å². The molecule has 1 heterocycles. The lowest BCUT2D eigenvalue weighted by atomic mass is 10.0. The molecule has 1 aromatic rings. The van der Waals surface area contributed by atoms with Crippen LogP contribution >= 0.6 is 0 Å². The smallest absolute Gasteiger partial charge is 0.259 e. The van der Waals surface area contributed by atoms with E-state index in [1.54, 1.807) is 7.05 Å². The Morgan fingerprint density at radius 3 is 2.39 bits per heavy atom. The summed E-state index contributed by atoms with van der Waals surface area (Å²) in [5, 5.41) is 3.18. The van der Waals surface area contributed by atoms with E-state index in [4.69, 9.17) is 0 Å². The monoisotopic (exact) mass is 254 g/mol. The zero-order chi connectivity index (χ0) is 13.1. The van der Waals surface area contributed by atoms with Crippen LogP contribution in [0.4, 0.5) is 8.78 Å². The molecular formula is C13H16F2N2O. The highest BCUT2D eigenvalue weighted by Crippen LogP contribution is 2.18. The summed E-state index contributed by atoms with van der Waals surface area (Å²) in [6.45, 7) is 1.64. The molecule has 18 heavy (non-hydrogen) atoms. The SMILES string of the molecule is CN(C(=O)c1c(F)cccc1F)C1CCNCC1. The third-order valence-corrected chi connectivity index (χ3v) is 3.35. The highest BCUT2D eigenvalue weighted by Gasteiger charge is 2.26. The first-order valence-corrected chi connectivity index (χ1v) is 6.03. The number of nitrogens with one attached hydrogen (secondary N) is 1. The molecule has 1 saturated heterocycles. The first kappa shape index (κ1) is 13.0. The molecule has 2 rings (SSSR count). The average molecular weight is 254 g/mol. The molecule has 0 aliphatic carbocycles. The van der Waals surface area contributed by atoms with Crippen molar-refractivity contribution in [2.75, 3.05) is 20.1 Å². The lowest BCUT2D eigenvalue weighted by Crippen LogP contribution is -2.44. The highest BCUT2D eigenvalue weighted by molar-refractivity contribution is 5.94. The van der Waals surface area contributed by atoms with E-state index in [2.05, 4.69) is 5.32 Å². The van der Waals surface area contributed by atoms with Crippen LogP contribution in [0.3, 0.4) is 0 Å². The van der Waals surface area contributed by atoms with Gasteiger partial charge in [0.05, 0.1) is 0 Å². The summed E-state index contributed by atoms with van der Waals surface area (Å²) in [5.74, 6) is -2.20. The van der Waals surface area contributed by atoms with E-state index >= 15 is 0 Å². The Bertz CT molecular complexity index is 424. The molecule has 1 aliphatic rings. The van der Waals surface area contributed by atoms with Crippen LogP contribution in [0.5, 0.6) is 0 Å². The van der Waals surface area contributed by atoms with Gasteiger partial charge in [0.25, 0.3) is 5.91 Å². The van der Waals surface area contributed by atoms with E-state index in [0.717, 1.165) is 38.1 Å². The number of carbonyl (C=O) groups is 1. The minimum atomic E-state index is -0.805. The number of amides is 1. The van der Waals surface area contributed by atoms with E-state index < -0.39 is 23.1 Å². The van der Waals surface area contributed by atoms with Crippen LogP contribution in [0.1, 0.15) is 23.2 Å². The van der Waals surface area contributed by atoms with Gasteiger partial charge in [0.2, 0.25) is 0 Å². The van der Waals surface area contributed by atoms with Gasteiger partial charge in [-0.2, -0.15) is 0 Å². The summed E-state index contributed by atoms with van der Waals surface area (Å²) >= 11 is 0. The predicted octanol–water partition coefficient (Wildman–Crippen LogP) is 1.79. The molecule has 0 radical (unpaired) electrons. The second-order valence-electron chi connectivity index (χ2n) is 4.49. The number of carbonyl (C=O) groups excluding carboxylic acids is 1. The molecule has 5 heteroatoms. The molecule has 1 amide bonds. The van der Waals surface area contributed by atoms with Crippen molar-refractivity contribution < 1.29 is 13.6 Å². The zero-order valence-electron chi connectivity index (χ0n) is 10.2. The van der Waals surface area contributed by atoms with E-state index in [0.29, 0.717) is 0 Å². The van der Waals surface area contributed by atoms with Gasteiger partial charge in [-0.3, -0.25) is 4.79 Å². The number of rotatable bonds is 2. The number of hydrogen-bond donors (Lipinski definition) is 1. The third kappa shape index (κ3) is 2.51. The number of hydrogen-bond acceptors (Lipinski definition) is 2. The molecule has 1 fully saturated rings. The van der Waals surface area contributed by atoms with Gasteiger partial charge in [-0.25, -0.2) is 8.78 Å². The van der Waals surface area contributed by atoms with E-state index in [9.17, 15) is 13.6 Å². The maximum atomic E-state index is 13.5. The number of benzene rings is 1. The summed E-state index contributed by atoms with van der Waals surface area (Å²) in [6, 6.07) is 3.50. The van der Waals surface area contributed by atoms with Crippen molar-refractivity contribution in [1.82, 2.24) is 10.2 Å². The summed E-state index contributed by atoms with van der Waals surface area (Å²) < 4.78 is 27.1. The van der Waals surface area contributed by atoms with Crippen molar-refractivity contribution in [2.45, 2.75) is 18.9 Å². The molecule has 1 aromatic carbocycles. The van der Waals surface area contributed by atoms with E-state index in [1.165, 1.54) is 11.0 Å². The van der Waals surface area contributed by atoms with Gasteiger partial charge >= 0.3 is 0 Å². The third-order valence-electron chi connectivity index (χ3n) is 3.35. The summed E-state index contributed by atoms with van der Waals surface area (Å²) in [5.41, 5.74) is -0.460. The predicted molar refractivity (Wildman–Crippen MR) is 64.3 cm³/mol. The fourth-order valence-corrected chi connectivity index (χ4v) is 2.24. The number of piperidine rings is 1. The highest BCUT2D eigenvalue weighted by atomic mass is 19.1. The minimum absolute atomic E-state index is 0.0396. The van der Waals surface area contributed by atoms with Gasteiger partial charge < -0.3 is 10.2 Å². The van der Waals surface area contributed by atoms with Gasteiger partial charge in [-0.15, -0.1) is 0 Å². The standard InChI is InChI=1S/C13H16F2N2O/c1-17(9-5-7-16-8-6-9)13(18)12-10(14)3-2-4-11(12)15/h2-4,9,16H,5-8H2,1H3. The number of nitrogens with zero attached hydrogens (tertiary/aromatic N) is 1. The molecule has 0 spiro atoms. The molecule has 98 valence electrons. The van der Waals surface area contributed by atoms with Gasteiger partial charge in [0.15, 0.2) is 0 Å². The maximum Gasteiger partial charge on any atom is 0.259 e. The minimum Gasteiger partial charge on any atom is -0.338 e. The molecule has 0 aromatic heterocycles. The Morgan fingerprint density at radius 2 is 1.83 bits per heavy atom. The van der Waals surface area contributed by atoms with Crippen LogP contribution in [0, 0.1) is 11.6 Å². The van der Waals surface area contributed by atoms with Gasteiger partial charge in [0, 0.05) is 13.1 Å². The second-order valence-corrected chi connectivity index (χ2v) is 4.49. The molecular weight excluding hydrogens is 238 g/mol. The van der Waals surface area contributed by atoms with E-state index in [1.807, 2.05) is 0 Å². The van der Waals surface area contributed by atoms with Crippen LogP contribution in [0.2, 0.25) is 0 Å². The van der Waals surface area contributed by atoms with Gasteiger partial charge in [-0.05, 0) is 38.1 Å². The van der Waals surface area contributed by atoms with Crippen molar-refractivity contribution in [3.8, 4) is 0 Å². The lowest BCUT2D eigenvalue weighted by Gasteiger charge is -2.31. The molecule has 1 N–H and O–H groups in total. The Kier molecular flexibility index (Phi) is 3.91. The van der Waals surface area contributed by atoms with Crippen molar-refractivity contribution in [1.29, 1.82) is 0 Å². The van der Waals surface area contributed by atoms with Crippen LogP contribution in [0.25, 0.3) is 0 Å². The number of halogens is 2. The Labute approximate surface area is 105 Å². The van der Waals surface area contributed by atoms with Gasteiger partial charge in [-0.1, -0.05) is 6.07 Å². The summed E-state index contributed by atoms with van der Waals surface area (Å²) in [4.78, 5) is 13.6.